The number of amides is 1. The number of hydrazone groups is 1. The minimum Gasteiger partial charge on any atom is -0.507 e. The van der Waals surface area contributed by atoms with Crippen molar-refractivity contribution in [2.45, 2.75) is 0 Å². The first-order valence-corrected chi connectivity index (χ1v) is 8.65. The largest absolute Gasteiger partial charge is 0.507 e. The first-order chi connectivity index (χ1) is 11.5. The Morgan fingerprint density at radius 2 is 2.21 bits per heavy atom. The highest BCUT2D eigenvalue weighted by atomic mass is 79.9. The van der Waals surface area contributed by atoms with E-state index in [2.05, 4.69) is 36.7 Å². The average Bonchev–Trinajstić information content (AvgIpc) is 3.19. The van der Waals surface area contributed by atoms with E-state index in [4.69, 9.17) is 11.6 Å². The van der Waals surface area contributed by atoms with Gasteiger partial charge in [-0.2, -0.15) is 10.2 Å². The summed E-state index contributed by atoms with van der Waals surface area (Å²) >= 11 is 10.6. The van der Waals surface area contributed by atoms with Gasteiger partial charge < -0.3 is 5.11 Å². The molecule has 2 aromatic heterocycles. The second-order valence-electron chi connectivity index (χ2n) is 4.67. The van der Waals surface area contributed by atoms with Gasteiger partial charge in [-0.05, 0) is 36.4 Å². The van der Waals surface area contributed by atoms with Crippen molar-refractivity contribution >= 4 is 51.0 Å². The Morgan fingerprint density at radius 3 is 2.96 bits per heavy atom. The van der Waals surface area contributed by atoms with E-state index >= 15 is 0 Å². The zero-order valence-corrected chi connectivity index (χ0v) is 15.1. The lowest BCUT2D eigenvalue weighted by molar-refractivity contribution is 0.0950. The summed E-state index contributed by atoms with van der Waals surface area (Å²) in [4.78, 5) is 12.9. The predicted molar refractivity (Wildman–Crippen MR) is 97.8 cm³/mol. The van der Waals surface area contributed by atoms with Crippen LogP contribution in [0.15, 0.2) is 46.0 Å². The van der Waals surface area contributed by atoms with Gasteiger partial charge in [0, 0.05) is 10.0 Å². The quantitative estimate of drug-likeness (QED) is 0.435. The number of aromatic hydroxyl groups is 1. The molecule has 1 amide bonds. The minimum atomic E-state index is -0.467. The standard InChI is InChI=1S/C15H10BrClN4O2S/c16-9-1-2-12(22)8(5-9)7-18-21-15(23)11-6-10(19-20-11)13-3-4-14(17)24-13/h1-7,22H,(H,19,20)(H,21,23). The maximum Gasteiger partial charge on any atom is 0.291 e. The molecule has 0 radical (unpaired) electrons. The molecule has 0 saturated carbocycles. The maximum absolute atomic E-state index is 12.0. The van der Waals surface area contributed by atoms with Gasteiger partial charge in [-0.3, -0.25) is 9.89 Å². The van der Waals surface area contributed by atoms with Gasteiger partial charge in [0.15, 0.2) is 5.69 Å². The number of phenols is 1. The van der Waals surface area contributed by atoms with E-state index in [0.29, 0.717) is 15.6 Å². The van der Waals surface area contributed by atoms with Crippen molar-refractivity contribution in [1.29, 1.82) is 0 Å². The Hall–Kier alpha value is -2.16. The Labute approximate surface area is 154 Å². The molecule has 3 rings (SSSR count). The fourth-order valence-corrected chi connectivity index (χ4v) is 3.26. The first kappa shape index (κ1) is 16.7. The van der Waals surface area contributed by atoms with Gasteiger partial charge in [0.2, 0.25) is 0 Å². The van der Waals surface area contributed by atoms with E-state index in [0.717, 1.165) is 9.35 Å². The van der Waals surface area contributed by atoms with Crippen molar-refractivity contribution in [2.24, 2.45) is 5.10 Å². The number of benzene rings is 1. The molecular weight excluding hydrogens is 416 g/mol. The Morgan fingerprint density at radius 1 is 1.38 bits per heavy atom. The fourth-order valence-electron chi connectivity index (χ4n) is 1.87. The van der Waals surface area contributed by atoms with E-state index in [-0.39, 0.29) is 11.4 Å². The van der Waals surface area contributed by atoms with E-state index in [1.54, 1.807) is 24.3 Å². The third kappa shape index (κ3) is 3.84. The lowest BCUT2D eigenvalue weighted by Crippen LogP contribution is -2.18. The summed E-state index contributed by atoms with van der Waals surface area (Å²) in [5.41, 5.74) is 3.73. The van der Waals surface area contributed by atoms with Crippen molar-refractivity contribution in [3.63, 3.8) is 0 Å². The van der Waals surface area contributed by atoms with Crippen LogP contribution in [0.3, 0.4) is 0 Å². The summed E-state index contributed by atoms with van der Waals surface area (Å²) in [7, 11) is 0. The highest BCUT2D eigenvalue weighted by Gasteiger charge is 2.12. The van der Waals surface area contributed by atoms with Crippen LogP contribution in [-0.2, 0) is 0 Å². The van der Waals surface area contributed by atoms with Gasteiger partial charge >= 0.3 is 0 Å². The van der Waals surface area contributed by atoms with Crippen LogP contribution < -0.4 is 5.43 Å². The summed E-state index contributed by atoms with van der Waals surface area (Å²) in [5, 5.41) is 20.3. The number of nitrogens with one attached hydrogen (secondary N) is 2. The van der Waals surface area contributed by atoms with Crippen molar-refractivity contribution < 1.29 is 9.90 Å². The zero-order valence-electron chi connectivity index (χ0n) is 12.0. The molecule has 0 fully saturated rings. The fraction of sp³-hybridized carbons (Fsp3) is 0. The van der Waals surface area contributed by atoms with E-state index < -0.39 is 5.91 Å². The molecule has 9 heteroatoms. The summed E-state index contributed by atoms with van der Waals surface area (Å²) in [6.45, 7) is 0. The van der Waals surface area contributed by atoms with Crippen LogP contribution in [0.1, 0.15) is 16.1 Å². The van der Waals surface area contributed by atoms with Crippen molar-refractivity contribution in [3.05, 3.63) is 56.5 Å². The lowest BCUT2D eigenvalue weighted by atomic mass is 10.2. The highest BCUT2D eigenvalue weighted by Crippen LogP contribution is 2.29. The molecule has 0 bridgehead atoms. The molecule has 0 spiro atoms. The van der Waals surface area contributed by atoms with Crippen LogP contribution in [0.4, 0.5) is 0 Å². The molecule has 0 atom stereocenters. The molecule has 24 heavy (non-hydrogen) atoms. The number of aromatic amines is 1. The number of hydrogen-bond acceptors (Lipinski definition) is 5. The third-order valence-electron chi connectivity index (χ3n) is 3.01. The van der Waals surface area contributed by atoms with Gasteiger partial charge in [-0.1, -0.05) is 27.5 Å². The van der Waals surface area contributed by atoms with Crippen LogP contribution >= 0.6 is 38.9 Å². The summed E-state index contributed by atoms with van der Waals surface area (Å²) in [6.07, 6.45) is 1.35. The number of thiophene rings is 1. The van der Waals surface area contributed by atoms with E-state index in [1.807, 2.05) is 6.07 Å². The Balaban J connectivity index is 1.68. The molecular formula is C15H10BrClN4O2S. The number of hydrogen-bond donors (Lipinski definition) is 3. The number of aromatic nitrogens is 2. The number of H-pyrrole nitrogens is 1. The van der Waals surface area contributed by atoms with Crippen molar-refractivity contribution in [2.75, 3.05) is 0 Å². The number of carbonyl (C=O) groups is 1. The Kier molecular flexibility index (Phi) is 4.98. The molecule has 2 heterocycles. The van der Waals surface area contributed by atoms with Gasteiger partial charge in [0.25, 0.3) is 5.91 Å². The summed E-state index contributed by atoms with van der Waals surface area (Å²) in [5.74, 6) is -0.404. The number of rotatable bonds is 4. The minimum absolute atomic E-state index is 0.0628. The topological polar surface area (TPSA) is 90.4 Å². The molecule has 3 N–H and O–H groups in total. The lowest BCUT2D eigenvalue weighted by Gasteiger charge is -1.99. The van der Waals surface area contributed by atoms with Gasteiger partial charge in [-0.15, -0.1) is 11.3 Å². The van der Waals surface area contributed by atoms with Crippen LogP contribution in [0.2, 0.25) is 4.34 Å². The van der Waals surface area contributed by atoms with Crippen LogP contribution in [0, 0.1) is 0 Å². The van der Waals surface area contributed by atoms with Crippen LogP contribution in [0.5, 0.6) is 5.75 Å². The monoisotopic (exact) mass is 424 g/mol. The average molecular weight is 426 g/mol. The SMILES string of the molecule is O=C(NN=Cc1cc(Br)ccc1O)c1cc(-c2ccc(Cl)s2)[nH]n1. The second kappa shape index (κ2) is 7.16. The van der Waals surface area contributed by atoms with Gasteiger partial charge in [-0.25, -0.2) is 5.43 Å². The molecule has 0 aliphatic rings. The van der Waals surface area contributed by atoms with Crippen molar-refractivity contribution in [1.82, 2.24) is 15.6 Å². The van der Waals surface area contributed by atoms with E-state index in [9.17, 15) is 9.90 Å². The molecule has 1 aromatic carbocycles. The molecule has 0 aliphatic heterocycles. The zero-order chi connectivity index (χ0) is 17.1. The number of nitrogens with zero attached hydrogens (tertiary/aromatic N) is 2. The molecule has 0 aliphatic carbocycles. The van der Waals surface area contributed by atoms with Crippen LogP contribution in [0.25, 0.3) is 10.6 Å². The molecule has 122 valence electrons. The number of halogens is 2. The molecule has 3 aromatic rings. The number of carbonyl (C=O) groups excluding carboxylic acids is 1. The molecule has 6 nitrogen and oxygen atoms in total. The normalized spacial score (nSPS) is 11.1. The first-order valence-electron chi connectivity index (χ1n) is 6.66. The smallest absolute Gasteiger partial charge is 0.291 e. The predicted octanol–water partition coefficient (Wildman–Crippen LogP) is 4.02. The van der Waals surface area contributed by atoms with Gasteiger partial charge in [0.05, 0.1) is 21.1 Å². The second-order valence-corrected chi connectivity index (χ2v) is 7.30. The van der Waals surface area contributed by atoms with Crippen LogP contribution in [-0.4, -0.2) is 27.4 Å². The summed E-state index contributed by atoms with van der Waals surface area (Å²) in [6, 6.07) is 10.1. The molecule has 0 unspecified atom stereocenters. The number of phenolic OH excluding ortho intramolecular Hbond substituents is 1. The third-order valence-corrected chi connectivity index (χ3v) is 4.77. The molecule has 0 saturated heterocycles. The van der Waals surface area contributed by atoms with Gasteiger partial charge in [0.1, 0.15) is 5.75 Å². The maximum atomic E-state index is 12.0. The highest BCUT2D eigenvalue weighted by molar-refractivity contribution is 9.10. The summed E-state index contributed by atoms with van der Waals surface area (Å²) < 4.78 is 1.45. The van der Waals surface area contributed by atoms with E-state index in [1.165, 1.54) is 23.6 Å². The van der Waals surface area contributed by atoms with Crippen molar-refractivity contribution in [3.8, 4) is 16.3 Å². The Bertz CT molecular complexity index is 922.